The topological polar surface area (TPSA) is 98.9 Å². The van der Waals surface area contributed by atoms with Crippen molar-refractivity contribution in [1.82, 2.24) is 0 Å². The van der Waals surface area contributed by atoms with E-state index in [2.05, 4.69) is 0 Å². The lowest BCUT2D eigenvalue weighted by Crippen LogP contribution is -1.97. The molecule has 0 saturated heterocycles. The zero-order valence-electron chi connectivity index (χ0n) is 13.2. The van der Waals surface area contributed by atoms with Gasteiger partial charge >= 0.3 is 0 Å². The van der Waals surface area contributed by atoms with Crippen LogP contribution >= 0.6 is 0 Å². The Hall–Kier alpha value is -3.35. The van der Waals surface area contributed by atoms with Gasteiger partial charge in [-0.05, 0) is 29.8 Å². The highest BCUT2D eigenvalue weighted by atomic mass is 16.6. The fourth-order valence-electron chi connectivity index (χ4n) is 2.38. The molecular formula is C18H15NO6. The molecule has 7 heteroatoms. The first kappa shape index (κ1) is 16.5. The Bertz CT molecular complexity index is 859. The van der Waals surface area contributed by atoms with Crippen molar-refractivity contribution < 1.29 is 24.3 Å². The van der Waals surface area contributed by atoms with Gasteiger partial charge in [0.05, 0.1) is 23.7 Å². The minimum Gasteiger partial charge on any atom is -0.507 e. The standard InChI is InChI=1S/C18H15NO6/c20-15(14-11-13(19(22)23)4-6-16(14)21)5-2-12-3-7-17-18(10-12)25-9-1-8-24-17/h2-7,10-11,21H,1,8-9H2. The summed E-state index contributed by atoms with van der Waals surface area (Å²) in [5.41, 5.74) is 0.326. The van der Waals surface area contributed by atoms with Gasteiger partial charge in [-0.25, -0.2) is 0 Å². The molecule has 0 bridgehead atoms. The van der Waals surface area contributed by atoms with Crippen molar-refractivity contribution >= 4 is 17.5 Å². The molecule has 0 unspecified atom stereocenters. The molecule has 1 N–H and O–H groups in total. The van der Waals surface area contributed by atoms with Gasteiger partial charge in [0.25, 0.3) is 5.69 Å². The number of carbonyl (C=O) groups excluding carboxylic acids is 1. The average molecular weight is 341 g/mol. The number of nitrogens with zero attached hydrogens (tertiary/aromatic N) is 1. The van der Waals surface area contributed by atoms with Crippen LogP contribution in [0.4, 0.5) is 5.69 Å². The highest BCUT2D eigenvalue weighted by Gasteiger charge is 2.15. The second kappa shape index (κ2) is 7.04. The highest BCUT2D eigenvalue weighted by molar-refractivity contribution is 6.09. The molecule has 128 valence electrons. The lowest BCUT2D eigenvalue weighted by atomic mass is 10.1. The summed E-state index contributed by atoms with van der Waals surface area (Å²) < 4.78 is 11.1. The van der Waals surface area contributed by atoms with Gasteiger partial charge in [0, 0.05) is 18.6 Å². The Balaban J connectivity index is 1.82. The quantitative estimate of drug-likeness (QED) is 0.396. The molecule has 0 aromatic heterocycles. The van der Waals surface area contributed by atoms with Gasteiger partial charge in [0.1, 0.15) is 5.75 Å². The van der Waals surface area contributed by atoms with Crippen molar-refractivity contribution in [2.75, 3.05) is 13.2 Å². The second-order valence-electron chi connectivity index (χ2n) is 5.41. The number of nitro benzene ring substituents is 1. The molecule has 2 aromatic rings. The van der Waals surface area contributed by atoms with Gasteiger partial charge in [-0.3, -0.25) is 14.9 Å². The first-order chi connectivity index (χ1) is 12.0. The number of hydrogen-bond donors (Lipinski definition) is 1. The molecular weight excluding hydrogens is 326 g/mol. The van der Waals surface area contributed by atoms with Crippen LogP contribution in [0.2, 0.25) is 0 Å². The van der Waals surface area contributed by atoms with E-state index < -0.39 is 10.7 Å². The molecule has 25 heavy (non-hydrogen) atoms. The monoisotopic (exact) mass is 341 g/mol. The number of non-ortho nitro benzene ring substituents is 1. The molecule has 0 radical (unpaired) electrons. The summed E-state index contributed by atoms with van der Waals surface area (Å²) in [4.78, 5) is 22.4. The molecule has 0 fully saturated rings. The zero-order chi connectivity index (χ0) is 17.8. The predicted octanol–water partition coefficient (Wildman–Crippen LogP) is 3.36. The van der Waals surface area contributed by atoms with Crippen molar-refractivity contribution in [3.05, 3.63) is 63.7 Å². The molecule has 1 aliphatic rings. The Labute approximate surface area is 143 Å². The normalized spacial score (nSPS) is 13.4. The van der Waals surface area contributed by atoms with E-state index in [1.165, 1.54) is 6.08 Å². The first-order valence-corrected chi connectivity index (χ1v) is 7.64. The average Bonchev–Trinajstić information content (AvgIpc) is 2.84. The van der Waals surface area contributed by atoms with Crippen LogP contribution in [0.5, 0.6) is 17.2 Å². The Morgan fingerprint density at radius 2 is 1.88 bits per heavy atom. The van der Waals surface area contributed by atoms with Crippen LogP contribution < -0.4 is 9.47 Å². The number of fused-ring (bicyclic) bond motifs is 1. The lowest BCUT2D eigenvalue weighted by Gasteiger charge is -2.07. The Morgan fingerprint density at radius 1 is 1.12 bits per heavy atom. The summed E-state index contributed by atoms with van der Waals surface area (Å²) in [5.74, 6) is 0.412. The van der Waals surface area contributed by atoms with E-state index in [0.29, 0.717) is 30.3 Å². The third-order valence-corrected chi connectivity index (χ3v) is 3.66. The zero-order valence-corrected chi connectivity index (χ0v) is 13.2. The van der Waals surface area contributed by atoms with Gasteiger partial charge in [-0.15, -0.1) is 0 Å². The predicted molar refractivity (Wildman–Crippen MR) is 90.2 cm³/mol. The minimum absolute atomic E-state index is 0.125. The number of phenolic OH excluding ortho intramolecular Hbond substituents is 1. The molecule has 2 aromatic carbocycles. The van der Waals surface area contributed by atoms with Crippen molar-refractivity contribution in [3.63, 3.8) is 0 Å². The summed E-state index contributed by atoms with van der Waals surface area (Å²) in [7, 11) is 0. The molecule has 7 nitrogen and oxygen atoms in total. The lowest BCUT2D eigenvalue weighted by molar-refractivity contribution is -0.384. The number of aromatic hydroxyl groups is 1. The van der Waals surface area contributed by atoms with Crippen molar-refractivity contribution in [2.24, 2.45) is 0 Å². The smallest absolute Gasteiger partial charge is 0.270 e. The minimum atomic E-state index is -0.621. The Morgan fingerprint density at radius 3 is 2.64 bits per heavy atom. The molecule has 1 aliphatic heterocycles. The van der Waals surface area contributed by atoms with Crippen molar-refractivity contribution in [3.8, 4) is 17.2 Å². The van der Waals surface area contributed by atoms with Gasteiger partial charge in [0.15, 0.2) is 17.3 Å². The molecule has 0 aliphatic carbocycles. The van der Waals surface area contributed by atoms with Gasteiger partial charge in [-0.2, -0.15) is 0 Å². The second-order valence-corrected chi connectivity index (χ2v) is 5.41. The number of carbonyl (C=O) groups is 1. The third-order valence-electron chi connectivity index (χ3n) is 3.66. The van der Waals surface area contributed by atoms with E-state index in [4.69, 9.17) is 9.47 Å². The molecule has 1 heterocycles. The maximum atomic E-state index is 12.2. The van der Waals surface area contributed by atoms with Crippen LogP contribution in [0.1, 0.15) is 22.3 Å². The number of hydrogen-bond acceptors (Lipinski definition) is 6. The number of nitro groups is 1. The van der Waals surface area contributed by atoms with Crippen LogP contribution in [0.3, 0.4) is 0 Å². The number of ether oxygens (including phenoxy) is 2. The van der Waals surface area contributed by atoms with Crippen molar-refractivity contribution in [1.29, 1.82) is 0 Å². The summed E-state index contributed by atoms with van der Waals surface area (Å²) >= 11 is 0. The van der Waals surface area contributed by atoms with E-state index in [1.807, 2.05) is 0 Å². The summed E-state index contributed by atoms with van der Waals surface area (Å²) in [6.07, 6.45) is 3.59. The largest absolute Gasteiger partial charge is 0.507 e. The summed E-state index contributed by atoms with van der Waals surface area (Å²) in [6, 6.07) is 8.60. The maximum Gasteiger partial charge on any atom is 0.270 e. The number of benzene rings is 2. The van der Waals surface area contributed by atoms with E-state index in [-0.39, 0.29) is 17.0 Å². The number of rotatable bonds is 4. The fourth-order valence-corrected chi connectivity index (χ4v) is 2.38. The van der Waals surface area contributed by atoms with Crippen LogP contribution in [-0.2, 0) is 0 Å². The van der Waals surface area contributed by atoms with E-state index in [9.17, 15) is 20.0 Å². The molecule has 0 spiro atoms. The van der Waals surface area contributed by atoms with Crippen LogP contribution in [0.15, 0.2) is 42.5 Å². The molecule has 0 atom stereocenters. The SMILES string of the molecule is O=C(C=Cc1ccc2c(c1)OCCCO2)c1cc([N+](=O)[O-])ccc1O. The Kier molecular flexibility index (Phi) is 4.65. The summed E-state index contributed by atoms with van der Waals surface area (Å²) in [6.45, 7) is 1.15. The number of allylic oxidation sites excluding steroid dienone is 1. The van der Waals surface area contributed by atoms with Crippen LogP contribution in [0, 0.1) is 10.1 Å². The highest BCUT2D eigenvalue weighted by Crippen LogP contribution is 2.31. The molecule has 0 amide bonds. The van der Waals surface area contributed by atoms with Crippen molar-refractivity contribution in [2.45, 2.75) is 6.42 Å². The van der Waals surface area contributed by atoms with Gasteiger partial charge < -0.3 is 14.6 Å². The third kappa shape index (κ3) is 3.77. The first-order valence-electron chi connectivity index (χ1n) is 7.64. The summed E-state index contributed by atoms with van der Waals surface area (Å²) in [5, 5.41) is 20.6. The number of ketones is 1. The van der Waals surface area contributed by atoms with E-state index in [0.717, 1.165) is 24.6 Å². The molecule has 0 saturated carbocycles. The van der Waals surface area contributed by atoms with E-state index >= 15 is 0 Å². The van der Waals surface area contributed by atoms with Gasteiger partial charge in [0.2, 0.25) is 0 Å². The van der Waals surface area contributed by atoms with Gasteiger partial charge in [-0.1, -0.05) is 12.1 Å². The fraction of sp³-hybridized carbons (Fsp3) is 0.167. The number of phenols is 1. The van der Waals surface area contributed by atoms with E-state index in [1.54, 1.807) is 24.3 Å². The molecule has 3 rings (SSSR count). The maximum absolute atomic E-state index is 12.2. The van der Waals surface area contributed by atoms with Crippen LogP contribution in [0.25, 0.3) is 6.08 Å². The van der Waals surface area contributed by atoms with Crippen LogP contribution in [-0.4, -0.2) is 29.0 Å².